The van der Waals surface area contributed by atoms with Crippen molar-refractivity contribution in [3.05, 3.63) is 53.8 Å². The van der Waals surface area contributed by atoms with Crippen LogP contribution in [0.1, 0.15) is 10.4 Å². The molecule has 3 aromatic heterocycles. The lowest BCUT2D eigenvalue weighted by Crippen LogP contribution is -2.12. The van der Waals surface area contributed by atoms with E-state index in [2.05, 4.69) is 14.8 Å². The molecule has 0 amide bonds. The van der Waals surface area contributed by atoms with E-state index in [4.69, 9.17) is 5.11 Å². The molecule has 0 saturated heterocycles. The number of hydrogen-bond acceptors (Lipinski definition) is 6. The SMILES string of the molecule is O=C(O)c1csc(S(=O)(=O)Nc2ccc(-n3cccn3)nc2)c1. The van der Waals surface area contributed by atoms with Crippen molar-refractivity contribution in [1.29, 1.82) is 0 Å². The zero-order valence-corrected chi connectivity index (χ0v) is 13.1. The van der Waals surface area contributed by atoms with Crippen LogP contribution in [0.5, 0.6) is 0 Å². The summed E-state index contributed by atoms with van der Waals surface area (Å²) in [5.74, 6) is -0.629. The van der Waals surface area contributed by atoms with Crippen LogP contribution in [0.25, 0.3) is 5.82 Å². The van der Waals surface area contributed by atoms with Crippen molar-refractivity contribution >= 4 is 33.0 Å². The third-order valence-electron chi connectivity index (χ3n) is 2.83. The Labute approximate surface area is 135 Å². The Morgan fingerprint density at radius 1 is 1.35 bits per heavy atom. The lowest BCUT2D eigenvalue weighted by molar-refractivity contribution is 0.0697. The van der Waals surface area contributed by atoms with Gasteiger partial charge in [0.2, 0.25) is 0 Å². The van der Waals surface area contributed by atoms with Gasteiger partial charge >= 0.3 is 5.97 Å². The minimum atomic E-state index is -3.85. The van der Waals surface area contributed by atoms with E-state index in [9.17, 15) is 13.2 Å². The van der Waals surface area contributed by atoms with Gasteiger partial charge < -0.3 is 5.11 Å². The van der Waals surface area contributed by atoms with Gasteiger partial charge in [-0.3, -0.25) is 4.72 Å². The molecule has 2 N–H and O–H groups in total. The molecule has 3 aromatic rings. The van der Waals surface area contributed by atoms with E-state index in [-0.39, 0.29) is 15.5 Å². The van der Waals surface area contributed by atoms with E-state index in [0.717, 1.165) is 17.4 Å². The van der Waals surface area contributed by atoms with Crippen molar-refractivity contribution in [2.24, 2.45) is 0 Å². The van der Waals surface area contributed by atoms with Gasteiger partial charge in [0.1, 0.15) is 4.21 Å². The minimum Gasteiger partial charge on any atom is -0.478 e. The van der Waals surface area contributed by atoms with Gasteiger partial charge in [-0.2, -0.15) is 5.10 Å². The summed E-state index contributed by atoms with van der Waals surface area (Å²) in [6.45, 7) is 0. The quantitative estimate of drug-likeness (QED) is 0.725. The van der Waals surface area contributed by atoms with Gasteiger partial charge in [-0.1, -0.05) is 0 Å². The average molecular weight is 350 g/mol. The third kappa shape index (κ3) is 3.22. The maximum absolute atomic E-state index is 12.2. The van der Waals surface area contributed by atoms with Crippen LogP contribution in [0.2, 0.25) is 0 Å². The molecule has 0 fully saturated rings. The summed E-state index contributed by atoms with van der Waals surface area (Å²) in [5.41, 5.74) is 0.203. The van der Waals surface area contributed by atoms with Crippen LogP contribution >= 0.6 is 11.3 Å². The summed E-state index contributed by atoms with van der Waals surface area (Å²) >= 11 is 0.839. The summed E-state index contributed by atoms with van der Waals surface area (Å²) in [4.78, 5) is 14.9. The van der Waals surface area contributed by atoms with E-state index in [1.165, 1.54) is 16.3 Å². The van der Waals surface area contributed by atoms with E-state index in [1.807, 2.05) is 0 Å². The maximum atomic E-state index is 12.2. The van der Waals surface area contributed by atoms with Crippen molar-refractivity contribution in [1.82, 2.24) is 14.8 Å². The maximum Gasteiger partial charge on any atom is 0.336 e. The fraction of sp³-hybridized carbons (Fsp3) is 0. The molecule has 0 unspecified atom stereocenters. The molecule has 3 heterocycles. The van der Waals surface area contributed by atoms with Crippen LogP contribution in [0.15, 0.2) is 52.4 Å². The summed E-state index contributed by atoms with van der Waals surface area (Å²) in [6.07, 6.45) is 4.68. The lowest BCUT2D eigenvalue weighted by Gasteiger charge is -2.06. The van der Waals surface area contributed by atoms with Crippen molar-refractivity contribution < 1.29 is 18.3 Å². The number of thiophene rings is 1. The van der Waals surface area contributed by atoms with Crippen molar-refractivity contribution in [2.75, 3.05) is 4.72 Å². The van der Waals surface area contributed by atoms with Gasteiger partial charge in [0, 0.05) is 17.8 Å². The number of anilines is 1. The van der Waals surface area contributed by atoms with Crippen LogP contribution in [0, 0.1) is 0 Å². The third-order valence-corrected chi connectivity index (χ3v) is 5.65. The summed E-state index contributed by atoms with van der Waals surface area (Å²) < 4.78 is 28.2. The van der Waals surface area contributed by atoms with Crippen LogP contribution in [-0.2, 0) is 10.0 Å². The molecular weight excluding hydrogens is 340 g/mol. The zero-order chi connectivity index (χ0) is 16.4. The molecule has 118 valence electrons. The number of aromatic nitrogens is 3. The van der Waals surface area contributed by atoms with Gasteiger partial charge in [0.25, 0.3) is 10.0 Å². The van der Waals surface area contributed by atoms with Gasteiger partial charge in [0.05, 0.1) is 17.4 Å². The first-order chi connectivity index (χ1) is 11.0. The molecule has 0 radical (unpaired) electrons. The number of nitrogens with one attached hydrogen (secondary N) is 1. The Bertz CT molecular complexity index is 931. The number of sulfonamides is 1. The highest BCUT2D eigenvalue weighted by Gasteiger charge is 2.19. The van der Waals surface area contributed by atoms with Crippen molar-refractivity contribution in [2.45, 2.75) is 4.21 Å². The zero-order valence-electron chi connectivity index (χ0n) is 11.4. The predicted molar refractivity (Wildman–Crippen MR) is 83.4 cm³/mol. The monoisotopic (exact) mass is 350 g/mol. The van der Waals surface area contributed by atoms with E-state index >= 15 is 0 Å². The molecule has 0 aliphatic rings. The summed E-state index contributed by atoms with van der Waals surface area (Å²) in [7, 11) is -3.85. The van der Waals surface area contributed by atoms with Crippen LogP contribution in [0.4, 0.5) is 5.69 Å². The Balaban J connectivity index is 1.81. The lowest BCUT2D eigenvalue weighted by atomic mass is 10.4. The first-order valence-electron chi connectivity index (χ1n) is 6.26. The molecule has 0 atom stereocenters. The summed E-state index contributed by atoms with van der Waals surface area (Å²) in [5, 5.41) is 14.1. The largest absolute Gasteiger partial charge is 0.478 e. The number of rotatable bonds is 5. The molecule has 0 saturated carbocycles. The van der Waals surface area contributed by atoms with Gasteiger partial charge in [-0.15, -0.1) is 11.3 Å². The standard InChI is InChI=1S/C13H10N4O4S2/c18-13(19)9-6-12(22-8-9)23(20,21)16-10-2-3-11(14-7-10)17-5-1-4-15-17/h1-8,16H,(H,18,19). The second-order valence-electron chi connectivity index (χ2n) is 4.42. The second-order valence-corrected chi connectivity index (χ2v) is 7.24. The second kappa shape index (κ2) is 5.82. The first kappa shape index (κ1) is 15.2. The Hall–Kier alpha value is -2.72. The summed E-state index contributed by atoms with van der Waals surface area (Å²) in [6, 6.07) is 6.02. The molecule has 3 rings (SSSR count). The number of pyridine rings is 1. The highest BCUT2D eigenvalue weighted by molar-refractivity contribution is 7.94. The molecule has 0 bridgehead atoms. The fourth-order valence-corrected chi connectivity index (χ4v) is 3.96. The Morgan fingerprint density at radius 2 is 2.17 bits per heavy atom. The van der Waals surface area contributed by atoms with E-state index < -0.39 is 16.0 Å². The number of nitrogens with zero attached hydrogens (tertiary/aromatic N) is 3. The van der Waals surface area contributed by atoms with Crippen LogP contribution in [0.3, 0.4) is 0 Å². The van der Waals surface area contributed by atoms with Crippen LogP contribution in [-0.4, -0.2) is 34.3 Å². The molecule has 10 heteroatoms. The molecule has 8 nitrogen and oxygen atoms in total. The normalized spacial score (nSPS) is 11.3. The average Bonchev–Trinajstić information content (AvgIpc) is 3.20. The Morgan fingerprint density at radius 3 is 2.74 bits per heavy atom. The number of carbonyl (C=O) groups is 1. The van der Waals surface area contributed by atoms with Crippen molar-refractivity contribution in [3.63, 3.8) is 0 Å². The number of aromatic carboxylic acids is 1. The topological polar surface area (TPSA) is 114 Å². The highest BCUT2D eigenvalue weighted by atomic mass is 32.2. The molecule has 0 spiro atoms. The van der Waals surface area contributed by atoms with Crippen LogP contribution < -0.4 is 4.72 Å². The number of hydrogen-bond donors (Lipinski definition) is 2. The number of carboxylic acids is 1. The first-order valence-corrected chi connectivity index (χ1v) is 8.63. The fourth-order valence-electron chi connectivity index (χ4n) is 1.76. The van der Waals surface area contributed by atoms with E-state index in [1.54, 1.807) is 30.6 Å². The van der Waals surface area contributed by atoms with Gasteiger partial charge in [-0.25, -0.2) is 22.9 Å². The smallest absolute Gasteiger partial charge is 0.336 e. The predicted octanol–water partition coefficient (Wildman–Crippen LogP) is 1.83. The van der Waals surface area contributed by atoms with Gasteiger partial charge in [0.15, 0.2) is 5.82 Å². The van der Waals surface area contributed by atoms with Gasteiger partial charge in [-0.05, 0) is 24.3 Å². The minimum absolute atomic E-state index is 0.0671. The molecule has 0 aromatic carbocycles. The molecule has 0 aliphatic carbocycles. The number of carboxylic acid groups (broad SMARTS) is 1. The Kier molecular flexibility index (Phi) is 3.84. The molecule has 23 heavy (non-hydrogen) atoms. The van der Waals surface area contributed by atoms with E-state index in [0.29, 0.717) is 5.82 Å². The highest BCUT2D eigenvalue weighted by Crippen LogP contribution is 2.23. The molecular formula is C13H10N4O4S2. The molecule has 0 aliphatic heterocycles. The van der Waals surface area contributed by atoms with Crippen molar-refractivity contribution in [3.8, 4) is 5.82 Å².